The molecule has 0 radical (unpaired) electrons. The van der Waals surface area contributed by atoms with Gasteiger partial charge in [-0.2, -0.15) is 0 Å². The van der Waals surface area contributed by atoms with Gasteiger partial charge in [0.1, 0.15) is 0 Å². The first kappa shape index (κ1) is 11.9. The van der Waals surface area contributed by atoms with Crippen molar-refractivity contribution in [2.24, 2.45) is 11.7 Å². The van der Waals surface area contributed by atoms with Crippen LogP contribution < -0.4 is 11.1 Å². The summed E-state index contributed by atoms with van der Waals surface area (Å²) in [7, 11) is 0. The summed E-state index contributed by atoms with van der Waals surface area (Å²) in [6.45, 7) is 5.04. The molecule has 90 valence electrons. The van der Waals surface area contributed by atoms with Gasteiger partial charge in [-0.25, -0.2) is 4.98 Å². The fourth-order valence-corrected chi connectivity index (χ4v) is 3.37. The van der Waals surface area contributed by atoms with E-state index in [0.717, 1.165) is 10.8 Å². The summed E-state index contributed by atoms with van der Waals surface area (Å²) in [5, 5.41) is 6.71. The van der Waals surface area contributed by atoms with Crippen LogP contribution in [0.3, 0.4) is 0 Å². The van der Waals surface area contributed by atoms with E-state index in [2.05, 4.69) is 22.6 Å². The molecule has 3 N–H and O–H groups in total. The minimum absolute atomic E-state index is 0.0720. The van der Waals surface area contributed by atoms with Gasteiger partial charge in [-0.3, -0.25) is 0 Å². The summed E-state index contributed by atoms with van der Waals surface area (Å²) in [5.74, 6) is 0.635. The smallest absolute Gasteiger partial charge is 0.183 e. The SMILES string of the molecule is Cc1csc(NC2(CN)CCCCC2C)n1. The van der Waals surface area contributed by atoms with Gasteiger partial charge in [0.2, 0.25) is 0 Å². The Kier molecular flexibility index (Phi) is 3.50. The van der Waals surface area contributed by atoms with Crippen molar-refractivity contribution < 1.29 is 0 Å². The summed E-state index contributed by atoms with van der Waals surface area (Å²) < 4.78 is 0. The number of hydrogen-bond acceptors (Lipinski definition) is 4. The van der Waals surface area contributed by atoms with Gasteiger partial charge in [-0.15, -0.1) is 11.3 Å². The van der Waals surface area contributed by atoms with Crippen LogP contribution in [0.25, 0.3) is 0 Å². The highest BCUT2D eigenvalue weighted by Crippen LogP contribution is 2.36. The monoisotopic (exact) mass is 239 g/mol. The van der Waals surface area contributed by atoms with E-state index in [1.807, 2.05) is 6.92 Å². The van der Waals surface area contributed by atoms with Crippen molar-refractivity contribution in [3.05, 3.63) is 11.1 Å². The average Bonchev–Trinajstić information content (AvgIpc) is 2.67. The van der Waals surface area contributed by atoms with Gasteiger partial charge in [0.15, 0.2) is 5.13 Å². The summed E-state index contributed by atoms with van der Waals surface area (Å²) in [5.41, 5.74) is 7.16. The minimum atomic E-state index is 0.0720. The molecular formula is C12H21N3S. The zero-order chi connectivity index (χ0) is 11.6. The van der Waals surface area contributed by atoms with Crippen LogP contribution in [0.4, 0.5) is 5.13 Å². The number of aromatic nitrogens is 1. The zero-order valence-corrected chi connectivity index (χ0v) is 10.9. The maximum absolute atomic E-state index is 6.00. The van der Waals surface area contributed by atoms with E-state index in [-0.39, 0.29) is 5.54 Å². The Labute approximate surface area is 101 Å². The molecule has 3 nitrogen and oxygen atoms in total. The Morgan fingerprint density at radius 1 is 1.62 bits per heavy atom. The number of nitrogens with zero attached hydrogens (tertiary/aromatic N) is 1. The van der Waals surface area contributed by atoms with Crippen molar-refractivity contribution in [3.8, 4) is 0 Å². The molecule has 0 spiro atoms. The van der Waals surface area contributed by atoms with Crippen molar-refractivity contribution in [1.29, 1.82) is 0 Å². The lowest BCUT2D eigenvalue weighted by Crippen LogP contribution is -2.52. The molecule has 0 bridgehead atoms. The van der Waals surface area contributed by atoms with Crippen LogP contribution in [0.5, 0.6) is 0 Å². The fraction of sp³-hybridized carbons (Fsp3) is 0.750. The van der Waals surface area contributed by atoms with Gasteiger partial charge >= 0.3 is 0 Å². The summed E-state index contributed by atoms with van der Waals surface area (Å²) in [6, 6.07) is 0. The third-order valence-electron chi connectivity index (χ3n) is 3.79. The van der Waals surface area contributed by atoms with Gasteiger partial charge in [-0.05, 0) is 25.7 Å². The molecule has 2 atom stereocenters. The maximum atomic E-state index is 6.00. The average molecular weight is 239 g/mol. The van der Waals surface area contributed by atoms with Crippen LogP contribution in [0.2, 0.25) is 0 Å². The Hall–Kier alpha value is -0.610. The van der Waals surface area contributed by atoms with Crippen molar-refractivity contribution in [3.63, 3.8) is 0 Å². The summed E-state index contributed by atoms with van der Waals surface area (Å²) in [6.07, 6.45) is 5.05. The lowest BCUT2D eigenvalue weighted by molar-refractivity contribution is 0.235. The maximum Gasteiger partial charge on any atom is 0.183 e. The molecule has 1 aromatic rings. The van der Waals surface area contributed by atoms with Crippen molar-refractivity contribution >= 4 is 16.5 Å². The topological polar surface area (TPSA) is 50.9 Å². The quantitative estimate of drug-likeness (QED) is 0.852. The van der Waals surface area contributed by atoms with E-state index in [0.29, 0.717) is 12.5 Å². The molecule has 1 fully saturated rings. The van der Waals surface area contributed by atoms with E-state index in [9.17, 15) is 0 Å². The van der Waals surface area contributed by atoms with Crippen molar-refractivity contribution in [1.82, 2.24) is 4.98 Å². The third-order valence-corrected chi connectivity index (χ3v) is 4.67. The van der Waals surface area contributed by atoms with Gasteiger partial charge in [0.25, 0.3) is 0 Å². The molecule has 4 heteroatoms. The van der Waals surface area contributed by atoms with Gasteiger partial charge in [-0.1, -0.05) is 19.8 Å². The second-order valence-electron chi connectivity index (χ2n) is 4.93. The van der Waals surface area contributed by atoms with Crippen LogP contribution in [0, 0.1) is 12.8 Å². The zero-order valence-electron chi connectivity index (χ0n) is 10.1. The molecule has 1 aliphatic rings. The van der Waals surface area contributed by atoms with E-state index < -0.39 is 0 Å². The first-order valence-corrected chi connectivity index (χ1v) is 6.94. The first-order valence-electron chi connectivity index (χ1n) is 6.07. The summed E-state index contributed by atoms with van der Waals surface area (Å²) in [4.78, 5) is 4.48. The number of nitrogens with one attached hydrogen (secondary N) is 1. The molecule has 1 heterocycles. The highest BCUT2D eigenvalue weighted by Gasteiger charge is 2.37. The molecule has 0 aromatic carbocycles. The van der Waals surface area contributed by atoms with Crippen LogP contribution in [0.15, 0.2) is 5.38 Å². The predicted molar refractivity (Wildman–Crippen MR) is 69.9 cm³/mol. The molecule has 0 amide bonds. The second kappa shape index (κ2) is 4.72. The predicted octanol–water partition coefficient (Wildman–Crippen LogP) is 2.77. The number of anilines is 1. The molecule has 2 rings (SSSR count). The Bertz CT molecular complexity index is 350. The molecule has 1 saturated carbocycles. The van der Waals surface area contributed by atoms with Crippen LogP contribution in [0.1, 0.15) is 38.3 Å². The number of thiazole rings is 1. The van der Waals surface area contributed by atoms with Crippen LogP contribution >= 0.6 is 11.3 Å². The molecule has 16 heavy (non-hydrogen) atoms. The van der Waals surface area contributed by atoms with Gasteiger partial charge in [0, 0.05) is 11.9 Å². The van der Waals surface area contributed by atoms with E-state index >= 15 is 0 Å². The van der Waals surface area contributed by atoms with Crippen molar-refractivity contribution in [2.45, 2.75) is 45.1 Å². The van der Waals surface area contributed by atoms with Crippen LogP contribution in [-0.2, 0) is 0 Å². The lowest BCUT2D eigenvalue weighted by atomic mass is 9.74. The fourth-order valence-electron chi connectivity index (χ4n) is 2.58. The van der Waals surface area contributed by atoms with Gasteiger partial charge in [0.05, 0.1) is 11.2 Å². The number of hydrogen-bond donors (Lipinski definition) is 2. The summed E-state index contributed by atoms with van der Waals surface area (Å²) >= 11 is 1.68. The van der Waals surface area contributed by atoms with E-state index in [4.69, 9.17) is 5.73 Å². The Morgan fingerprint density at radius 2 is 2.44 bits per heavy atom. The minimum Gasteiger partial charge on any atom is -0.355 e. The lowest BCUT2D eigenvalue weighted by Gasteiger charge is -2.42. The molecule has 1 aliphatic carbocycles. The first-order chi connectivity index (χ1) is 7.66. The third kappa shape index (κ3) is 2.23. The largest absolute Gasteiger partial charge is 0.355 e. The molecular weight excluding hydrogens is 218 g/mol. The standard InChI is InChI=1S/C12H21N3S/c1-9-5-3-4-6-12(9,8-13)15-11-14-10(2)7-16-11/h7,9H,3-6,8,13H2,1-2H3,(H,14,15). The van der Waals surface area contributed by atoms with Crippen molar-refractivity contribution in [2.75, 3.05) is 11.9 Å². The second-order valence-corrected chi connectivity index (χ2v) is 5.78. The van der Waals surface area contributed by atoms with E-state index in [1.54, 1.807) is 11.3 Å². The van der Waals surface area contributed by atoms with Crippen LogP contribution in [-0.4, -0.2) is 17.1 Å². The van der Waals surface area contributed by atoms with E-state index in [1.165, 1.54) is 25.7 Å². The molecule has 2 unspecified atom stereocenters. The normalized spacial score (nSPS) is 30.3. The number of rotatable bonds is 3. The highest BCUT2D eigenvalue weighted by atomic mass is 32.1. The Balaban J connectivity index is 2.14. The Morgan fingerprint density at radius 3 is 3.00 bits per heavy atom. The molecule has 0 saturated heterocycles. The molecule has 1 aromatic heterocycles. The number of nitrogens with two attached hydrogens (primary N) is 1. The highest BCUT2D eigenvalue weighted by molar-refractivity contribution is 7.13. The van der Waals surface area contributed by atoms with Gasteiger partial charge < -0.3 is 11.1 Å². The number of aryl methyl sites for hydroxylation is 1. The molecule has 0 aliphatic heterocycles.